The number of ether oxygens (including phenoxy) is 1. The summed E-state index contributed by atoms with van der Waals surface area (Å²) in [6.45, 7) is 4.62. The first-order valence-corrected chi connectivity index (χ1v) is 6.95. The number of hydrogen-bond donors (Lipinski definition) is 2. The Kier molecular flexibility index (Phi) is 5.77. The molecule has 0 aliphatic heterocycles. The normalized spacial score (nSPS) is 13.1. The Bertz CT molecular complexity index is 624. The average molecular weight is 325 g/mol. The van der Waals surface area contributed by atoms with Crippen LogP contribution in [0.25, 0.3) is 0 Å². The van der Waals surface area contributed by atoms with E-state index in [-0.39, 0.29) is 22.3 Å². The Morgan fingerprint density at radius 3 is 2.64 bits per heavy atom. The molecule has 6 nitrogen and oxygen atoms in total. The second-order valence-electron chi connectivity index (χ2n) is 5.25. The second kappa shape index (κ2) is 7.14. The zero-order chi connectivity index (χ0) is 16.9. The molecular weight excluding hydrogens is 308 g/mol. The number of phenolic OH excluding ortho intramolecular Hbond substituents is 1. The molecule has 1 rings (SSSR count). The first-order valence-electron chi connectivity index (χ1n) is 6.57. The summed E-state index contributed by atoms with van der Waals surface area (Å²) in [7, 11) is 0. The molecule has 0 saturated heterocycles. The standard InChI is InChI=1S/C15H17ClN2O4/c1-9(2)15(3,8-17)18-13(20)7-22-14(21)11-5-4-10(16)6-12(11)19/h4-6,9,19H,7H2,1-3H3,(H,18,20)/t15-/m0/s1. The SMILES string of the molecule is CC(C)[C@](C)(C#N)NC(=O)COC(=O)c1ccc(Cl)cc1O. The summed E-state index contributed by atoms with van der Waals surface area (Å²) in [5.74, 6) is -1.90. The van der Waals surface area contributed by atoms with Crippen LogP contribution in [0.1, 0.15) is 31.1 Å². The van der Waals surface area contributed by atoms with Gasteiger partial charge >= 0.3 is 5.97 Å². The van der Waals surface area contributed by atoms with Crippen LogP contribution in [-0.4, -0.2) is 29.1 Å². The third-order valence-electron chi connectivity index (χ3n) is 3.30. The van der Waals surface area contributed by atoms with E-state index >= 15 is 0 Å². The maximum absolute atomic E-state index is 11.8. The van der Waals surface area contributed by atoms with Gasteiger partial charge in [0.05, 0.1) is 6.07 Å². The van der Waals surface area contributed by atoms with E-state index in [2.05, 4.69) is 5.32 Å². The topological polar surface area (TPSA) is 99.4 Å². The van der Waals surface area contributed by atoms with Crippen molar-refractivity contribution in [2.75, 3.05) is 6.61 Å². The van der Waals surface area contributed by atoms with E-state index in [1.54, 1.807) is 20.8 Å². The van der Waals surface area contributed by atoms with Crippen molar-refractivity contribution >= 4 is 23.5 Å². The fourth-order valence-corrected chi connectivity index (χ4v) is 1.68. The van der Waals surface area contributed by atoms with Crippen molar-refractivity contribution in [2.24, 2.45) is 5.92 Å². The average Bonchev–Trinajstić information content (AvgIpc) is 2.44. The molecule has 7 heteroatoms. The number of nitrogens with zero attached hydrogens (tertiary/aromatic N) is 1. The van der Waals surface area contributed by atoms with Crippen molar-refractivity contribution in [3.63, 3.8) is 0 Å². The number of benzene rings is 1. The minimum absolute atomic E-state index is 0.0934. The van der Waals surface area contributed by atoms with Gasteiger partial charge in [0, 0.05) is 5.02 Å². The second-order valence-corrected chi connectivity index (χ2v) is 5.69. The van der Waals surface area contributed by atoms with Gasteiger partial charge in [-0.15, -0.1) is 0 Å². The largest absolute Gasteiger partial charge is 0.507 e. The Labute approximate surface area is 133 Å². The number of carbonyl (C=O) groups is 2. The highest BCUT2D eigenvalue weighted by atomic mass is 35.5. The molecule has 0 bridgehead atoms. The van der Waals surface area contributed by atoms with Crippen LogP contribution in [0.4, 0.5) is 0 Å². The van der Waals surface area contributed by atoms with Gasteiger partial charge in [-0.05, 0) is 31.0 Å². The number of esters is 1. The number of halogens is 1. The number of nitrogens with one attached hydrogen (secondary N) is 1. The number of nitriles is 1. The van der Waals surface area contributed by atoms with Gasteiger partial charge in [0.2, 0.25) is 0 Å². The molecule has 2 N–H and O–H groups in total. The Balaban J connectivity index is 2.65. The molecule has 0 unspecified atom stereocenters. The van der Waals surface area contributed by atoms with Gasteiger partial charge in [0.25, 0.3) is 5.91 Å². The van der Waals surface area contributed by atoms with Crippen LogP contribution >= 0.6 is 11.6 Å². The van der Waals surface area contributed by atoms with Gasteiger partial charge in [0.1, 0.15) is 16.9 Å². The number of phenols is 1. The van der Waals surface area contributed by atoms with Gasteiger partial charge < -0.3 is 15.2 Å². The zero-order valence-corrected chi connectivity index (χ0v) is 13.3. The molecule has 118 valence electrons. The monoisotopic (exact) mass is 324 g/mol. The van der Waals surface area contributed by atoms with Crippen LogP contribution in [0.2, 0.25) is 5.02 Å². The highest BCUT2D eigenvalue weighted by Gasteiger charge is 2.30. The predicted octanol–water partition coefficient (Wildman–Crippen LogP) is 2.26. The summed E-state index contributed by atoms with van der Waals surface area (Å²) in [6.07, 6.45) is 0. The molecule has 0 heterocycles. The van der Waals surface area contributed by atoms with Gasteiger partial charge in [-0.25, -0.2) is 4.79 Å². The Hall–Kier alpha value is -2.26. The summed E-state index contributed by atoms with van der Waals surface area (Å²) in [4.78, 5) is 23.6. The van der Waals surface area contributed by atoms with Crippen molar-refractivity contribution in [1.82, 2.24) is 5.32 Å². The van der Waals surface area contributed by atoms with Crippen LogP contribution in [0.5, 0.6) is 5.75 Å². The number of rotatable bonds is 5. The van der Waals surface area contributed by atoms with Gasteiger partial charge in [-0.1, -0.05) is 25.4 Å². The van der Waals surface area contributed by atoms with Crippen molar-refractivity contribution in [2.45, 2.75) is 26.3 Å². The minimum atomic E-state index is -1.05. The maximum atomic E-state index is 11.8. The molecule has 0 aromatic heterocycles. The summed E-state index contributed by atoms with van der Waals surface area (Å²) in [5, 5.41) is 21.5. The molecule has 1 atom stereocenters. The Morgan fingerprint density at radius 2 is 2.14 bits per heavy atom. The maximum Gasteiger partial charge on any atom is 0.342 e. The van der Waals surface area contributed by atoms with Crippen LogP contribution in [0, 0.1) is 17.2 Å². The van der Waals surface area contributed by atoms with Crippen LogP contribution in [0.3, 0.4) is 0 Å². The first kappa shape index (κ1) is 17.8. The van der Waals surface area contributed by atoms with E-state index in [0.717, 1.165) is 0 Å². The fourth-order valence-electron chi connectivity index (χ4n) is 1.51. The van der Waals surface area contributed by atoms with Crippen LogP contribution < -0.4 is 5.32 Å². The van der Waals surface area contributed by atoms with E-state index < -0.39 is 24.0 Å². The van der Waals surface area contributed by atoms with Gasteiger partial charge in [-0.2, -0.15) is 5.26 Å². The van der Waals surface area contributed by atoms with Crippen LogP contribution in [0.15, 0.2) is 18.2 Å². The molecule has 0 fully saturated rings. The van der Waals surface area contributed by atoms with Crippen LogP contribution in [-0.2, 0) is 9.53 Å². The van der Waals surface area contributed by atoms with E-state index in [9.17, 15) is 14.7 Å². The number of carbonyl (C=O) groups excluding carboxylic acids is 2. The van der Waals surface area contributed by atoms with Gasteiger partial charge in [-0.3, -0.25) is 4.79 Å². The number of aromatic hydroxyl groups is 1. The van der Waals surface area contributed by atoms with Crippen molar-refractivity contribution in [3.05, 3.63) is 28.8 Å². The van der Waals surface area contributed by atoms with Crippen molar-refractivity contribution < 1.29 is 19.4 Å². The number of amides is 1. The molecule has 1 aromatic rings. The molecule has 0 aliphatic rings. The molecule has 1 amide bonds. The highest BCUT2D eigenvalue weighted by molar-refractivity contribution is 6.30. The molecule has 22 heavy (non-hydrogen) atoms. The third kappa shape index (κ3) is 4.37. The molecule has 0 radical (unpaired) electrons. The summed E-state index contributed by atoms with van der Waals surface area (Å²) < 4.78 is 4.82. The zero-order valence-electron chi connectivity index (χ0n) is 12.5. The highest BCUT2D eigenvalue weighted by Crippen LogP contribution is 2.22. The quantitative estimate of drug-likeness (QED) is 0.809. The molecule has 0 spiro atoms. The van der Waals surface area contributed by atoms with E-state index in [0.29, 0.717) is 0 Å². The lowest BCUT2D eigenvalue weighted by Gasteiger charge is -2.27. The number of hydrogen-bond acceptors (Lipinski definition) is 5. The fraction of sp³-hybridized carbons (Fsp3) is 0.400. The lowest BCUT2D eigenvalue weighted by atomic mass is 9.90. The van der Waals surface area contributed by atoms with E-state index in [1.807, 2.05) is 6.07 Å². The summed E-state index contributed by atoms with van der Waals surface area (Å²) >= 11 is 5.66. The smallest absolute Gasteiger partial charge is 0.342 e. The summed E-state index contributed by atoms with van der Waals surface area (Å²) in [5.41, 5.74) is -1.14. The third-order valence-corrected chi connectivity index (χ3v) is 3.54. The molecular formula is C15H17ClN2O4. The summed E-state index contributed by atoms with van der Waals surface area (Å²) in [6, 6.07) is 5.93. The predicted molar refractivity (Wildman–Crippen MR) is 80.4 cm³/mol. The molecule has 0 saturated carbocycles. The van der Waals surface area contributed by atoms with E-state index in [4.69, 9.17) is 21.6 Å². The van der Waals surface area contributed by atoms with Crippen molar-refractivity contribution in [3.8, 4) is 11.8 Å². The van der Waals surface area contributed by atoms with E-state index in [1.165, 1.54) is 18.2 Å². The van der Waals surface area contributed by atoms with Crippen molar-refractivity contribution in [1.29, 1.82) is 5.26 Å². The lowest BCUT2D eigenvalue weighted by Crippen LogP contribution is -2.50. The molecule has 0 aliphatic carbocycles. The Morgan fingerprint density at radius 1 is 1.50 bits per heavy atom. The molecule has 1 aromatic carbocycles. The lowest BCUT2D eigenvalue weighted by molar-refractivity contribution is -0.125. The minimum Gasteiger partial charge on any atom is -0.507 e. The first-order chi connectivity index (χ1) is 10.2. The van der Waals surface area contributed by atoms with Gasteiger partial charge in [0.15, 0.2) is 6.61 Å².